The molecule has 24 heavy (non-hydrogen) atoms. The molecule has 2 atom stereocenters. The Bertz CT molecular complexity index is 726. The summed E-state index contributed by atoms with van der Waals surface area (Å²) in [5.74, 6) is 0.570. The van der Waals surface area contributed by atoms with Gasteiger partial charge < -0.3 is 5.32 Å². The first-order chi connectivity index (χ1) is 11.7. The van der Waals surface area contributed by atoms with Crippen molar-refractivity contribution in [3.8, 4) is 0 Å². The molecule has 1 nitrogen and oxygen atoms in total. The number of hydrogen-bond acceptors (Lipinski definition) is 2. The van der Waals surface area contributed by atoms with E-state index < -0.39 is 0 Å². The van der Waals surface area contributed by atoms with Crippen LogP contribution >= 0.6 is 11.8 Å². The summed E-state index contributed by atoms with van der Waals surface area (Å²) >= 11 is 2.04. The smallest absolute Gasteiger partial charge is 0.0605 e. The van der Waals surface area contributed by atoms with Crippen molar-refractivity contribution in [2.75, 3.05) is 0 Å². The van der Waals surface area contributed by atoms with Gasteiger partial charge in [0, 0.05) is 15.8 Å². The van der Waals surface area contributed by atoms with Crippen LogP contribution in [0.3, 0.4) is 0 Å². The van der Waals surface area contributed by atoms with Gasteiger partial charge in [-0.1, -0.05) is 56.4 Å². The van der Waals surface area contributed by atoms with Crippen LogP contribution < -0.4 is 5.32 Å². The highest BCUT2D eigenvalue weighted by molar-refractivity contribution is 8.00. The van der Waals surface area contributed by atoms with E-state index in [1.807, 2.05) is 11.8 Å². The number of thioether (sulfide) groups is 1. The molecule has 0 spiro atoms. The van der Waals surface area contributed by atoms with Crippen LogP contribution in [0.15, 0.2) is 76.4 Å². The molecule has 1 aromatic rings. The van der Waals surface area contributed by atoms with Gasteiger partial charge in [-0.15, -0.1) is 11.8 Å². The van der Waals surface area contributed by atoms with Gasteiger partial charge in [0.05, 0.1) is 6.04 Å². The van der Waals surface area contributed by atoms with E-state index in [1.54, 1.807) is 0 Å². The lowest BCUT2D eigenvalue weighted by Crippen LogP contribution is -2.42. The molecule has 0 saturated heterocycles. The van der Waals surface area contributed by atoms with Gasteiger partial charge >= 0.3 is 0 Å². The Morgan fingerprint density at radius 1 is 1.12 bits per heavy atom. The predicted octanol–water partition coefficient (Wildman–Crippen LogP) is 5.42. The van der Waals surface area contributed by atoms with Gasteiger partial charge in [0.25, 0.3) is 0 Å². The monoisotopic (exact) mass is 335 g/mol. The molecule has 0 amide bonds. The standard InChI is InChI=1S/C22H25NS/c1-15(2)18-12-13-19(16-8-4-3-5-9-16)23-22(18)21-14-17-10-6-7-11-20(17)24-21/h4,6-13,15,21-23H,3,5,14H2,1-2H3. The first-order valence-corrected chi connectivity index (χ1v) is 9.90. The van der Waals surface area contributed by atoms with Crippen molar-refractivity contribution in [1.29, 1.82) is 0 Å². The molecule has 2 heteroatoms. The molecular formula is C22H25NS. The Hall–Kier alpha value is -1.67. The van der Waals surface area contributed by atoms with Gasteiger partial charge in [-0.25, -0.2) is 0 Å². The molecule has 0 fully saturated rings. The number of rotatable bonds is 3. The third-order valence-corrected chi connectivity index (χ3v) is 6.52. The van der Waals surface area contributed by atoms with Crippen molar-refractivity contribution in [2.24, 2.45) is 5.92 Å². The van der Waals surface area contributed by atoms with Crippen LogP contribution in [-0.2, 0) is 6.42 Å². The molecule has 0 saturated carbocycles. The fourth-order valence-corrected chi connectivity index (χ4v) is 5.24. The van der Waals surface area contributed by atoms with Crippen molar-refractivity contribution in [3.05, 3.63) is 77.1 Å². The predicted molar refractivity (Wildman–Crippen MR) is 104 cm³/mol. The third-order valence-electron chi connectivity index (χ3n) is 5.13. The molecule has 124 valence electrons. The molecular weight excluding hydrogens is 310 g/mol. The maximum atomic E-state index is 3.88. The highest BCUT2D eigenvalue weighted by Crippen LogP contribution is 2.41. The molecule has 1 aliphatic carbocycles. The van der Waals surface area contributed by atoms with Crippen LogP contribution in [0.25, 0.3) is 0 Å². The van der Waals surface area contributed by atoms with Crippen LogP contribution in [0.1, 0.15) is 32.3 Å². The second-order valence-electron chi connectivity index (χ2n) is 7.13. The summed E-state index contributed by atoms with van der Waals surface area (Å²) in [5.41, 5.74) is 5.68. The zero-order valence-corrected chi connectivity index (χ0v) is 15.3. The first-order valence-electron chi connectivity index (χ1n) is 9.02. The summed E-state index contributed by atoms with van der Waals surface area (Å²) < 4.78 is 0. The van der Waals surface area contributed by atoms with Crippen LogP contribution in [0.4, 0.5) is 0 Å². The molecule has 0 bridgehead atoms. The Labute approximate surface area is 149 Å². The molecule has 2 aliphatic heterocycles. The summed E-state index contributed by atoms with van der Waals surface area (Å²) in [4.78, 5) is 1.46. The first kappa shape index (κ1) is 15.8. The molecule has 4 rings (SSSR count). The second-order valence-corrected chi connectivity index (χ2v) is 8.41. The highest BCUT2D eigenvalue weighted by Gasteiger charge is 2.34. The van der Waals surface area contributed by atoms with E-state index >= 15 is 0 Å². The fourth-order valence-electron chi connectivity index (χ4n) is 3.83. The van der Waals surface area contributed by atoms with Crippen LogP contribution in [0, 0.1) is 5.92 Å². The topological polar surface area (TPSA) is 12.0 Å². The lowest BCUT2D eigenvalue weighted by atomic mass is 9.87. The summed E-state index contributed by atoms with van der Waals surface area (Å²) in [5, 5.41) is 4.46. The normalized spacial score (nSPS) is 25.7. The van der Waals surface area contributed by atoms with Crippen molar-refractivity contribution in [1.82, 2.24) is 5.32 Å². The Balaban J connectivity index is 1.60. The number of fused-ring (bicyclic) bond motifs is 1. The number of dihydropyridines is 1. The summed E-state index contributed by atoms with van der Waals surface area (Å²) in [6.45, 7) is 4.62. The Morgan fingerprint density at radius 3 is 2.75 bits per heavy atom. The number of hydrogen-bond donors (Lipinski definition) is 1. The van der Waals surface area contributed by atoms with Crippen molar-refractivity contribution in [2.45, 2.75) is 49.3 Å². The fraction of sp³-hybridized carbons (Fsp3) is 0.364. The lowest BCUT2D eigenvalue weighted by Gasteiger charge is -2.34. The maximum absolute atomic E-state index is 3.88. The summed E-state index contributed by atoms with van der Waals surface area (Å²) in [6, 6.07) is 9.29. The maximum Gasteiger partial charge on any atom is 0.0605 e. The second kappa shape index (κ2) is 6.68. The van der Waals surface area contributed by atoms with E-state index in [2.05, 4.69) is 73.8 Å². The molecule has 2 heterocycles. The average Bonchev–Trinajstić information content (AvgIpc) is 3.06. The molecule has 2 unspecified atom stereocenters. The average molecular weight is 336 g/mol. The quantitative estimate of drug-likeness (QED) is 0.792. The molecule has 1 N–H and O–H groups in total. The van der Waals surface area contributed by atoms with Gasteiger partial charge in [-0.05, 0) is 54.0 Å². The van der Waals surface area contributed by atoms with E-state index in [0.29, 0.717) is 17.2 Å². The van der Waals surface area contributed by atoms with Crippen molar-refractivity contribution >= 4 is 11.8 Å². The minimum absolute atomic E-state index is 0.415. The minimum Gasteiger partial charge on any atom is -0.377 e. The Morgan fingerprint density at radius 2 is 2.00 bits per heavy atom. The molecule has 0 radical (unpaired) electrons. The summed E-state index contributed by atoms with van der Waals surface area (Å²) in [6.07, 6.45) is 15.0. The lowest BCUT2D eigenvalue weighted by molar-refractivity contribution is 0.546. The van der Waals surface area contributed by atoms with E-state index in [0.717, 1.165) is 12.8 Å². The van der Waals surface area contributed by atoms with Gasteiger partial charge in [-0.2, -0.15) is 0 Å². The SMILES string of the molecule is CC(C)C1=CC=C(C2=CCCC=C2)NC1C1Cc2ccccc2S1. The number of benzene rings is 1. The summed E-state index contributed by atoms with van der Waals surface area (Å²) in [7, 11) is 0. The zero-order valence-electron chi connectivity index (χ0n) is 14.5. The molecule has 1 aromatic carbocycles. The molecule has 3 aliphatic rings. The van der Waals surface area contributed by atoms with Gasteiger partial charge in [0.1, 0.15) is 0 Å². The van der Waals surface area contributed by atoms with E-state index in [1.165, 1.54) is 33.7 Å². The van der Waals surface area contributed by atoms with Gasteiger partial charge in [0.15, 0.2) is 0 Å². The molecule has 0 aromatic heterocycles. The minimum atomic E-state index is 0.415. The van der Waals surface area contributed by atoms with E-state index in [4.69, 9.17) is 0 Å². The van der Waals surface area contributed by atoms with E-state index in [9.17, 15) is 0 Å². The van der Waals surface area contributed by atoms with Crippen LogP contribution in [0.5, 0.6) is 0 Å². The van der Waals surface area contributed by atoms with Crippen molar-refractivity contribution in [3.63, 3.8) is 0 Å². The van der Waals surface area contributed by atoms with Crippen LogP contribution in [-0.4, -0.2) is 11.3 Å². The zero-order chi connectivity index (χ0) is 16.5. The Kier molecular flexibility index (Phi) is 4.41. The number of nitrogens with one attached hydrogen (secondary N) is 1. The van der Waals surface area contributed by atoms with Crippen LogP contribution in [0.2, 0.25) is 0 Å². The highest BCUT2D eigenvalue weighted by atomic mass is 32.2. The van der Waals surface area contributed by atoms with Gasteiger partial charge in [0.2, 0.25) is 0 Å². The van der Waals surface area contributed by atoms with Gasteiger partial charge in [-0.3, -0.25) is 0 Å². The van der Waals surface area contributed by atoms with E-state index in [-0.39, 0.29) is 0 Å². The van der Waals surface area contributed by atoms with Crippen molar-refractivity contribution < 1.29 is 0 Å². The number of allylic oxidation sites excluding steroid dienone is 5. The largest absolute Gasteiger partial charge is 0.377 e. The third kappa shape index (κ3) is 3.00.